The van der Waals surface area contributed by atoms with E-state index in [0.29, 0.717) is 30.6 Å². The number of halogens is 2. The first-order valence-electron chi connectivity index (χ1n) is 9.72. The second kappa shape index (κ2) is 6.92. The Morgan fingerprint density at radius 3 is 2.71 bits per heavy atom. The molecule has 8 heteroatoms. The lowest BCUT2D eigenvalue weighted by molar-refractivity contribution is -0.134. The second-order valence-electron chi connectivity index (χ2n) is 7.98. The summed E-state index contributed by atoms with van der Waals surface area (Å²) in [6.45, 7) is 4.17. The molecule has 2 fully saturated rings. The van der Waals surface area contributed by atoms with Crippen LogP contribution in [0.15, 0.2) is 18.2 Å². The Bertz CT molecular complexity index is 938. The molecule has 2 amide bonds. The van der Waals surface area contributed by atoms with Gasteiger partial charge in [0.25, 0.3) is 5.92 Å². The van der Waals surface area contributed by atoms with Gasteiger partial charge in [-0.2, -0.15) is 5.10 Å². The molecule has 2 aromatic rings. The van der Waals surface area contributed by atoms with Crippen LogP contribution in [-0.2, 0) is 9.59 Å². The number of carbonyl (C=O) groups excluding carboxylic acids is 2. The summed E-state index contributed by atoms with van der Waals surface area (Å²) < 4.78 is 30.6. The first-order valence-corrected chi connectivity index (χ1v) is 9.72. The third-order valence-electron chi connectivity index (χ3n) is 5.70. The molecule has 2 aliphatic heterocycles. The molecule has 150 valence electrons. The van der Waals surface area contributed by atoms with Crippen LogP contribution in [-0.4, -0.2) is 40.6 Å². The summed E-state index contributed by atoms with van der Waals surface area (Å²) in [6.07, 6.45) is 1.04. The van der Waals surface area contributed by atoms with Crippen molar-refractivity contribution >= 4 is 22.7 Å². The van der Waals surface area contributed by atoms with E-state index in [1.54, 1.807) is 22.9 Å². The van der Waals surface area contributed by atoms with Crippen LogP contribution in [0.1, 0.15) is 62.2 Å². The summed E-state index contributed by atoms with van der Waals surface area (Å²) in [5.74, 6) is -4.77. The normalized spacial score (nSPS) is 25.3. The Morgan fingerprint density at radius 2 is 2.04 bits per heavy atom. The zero-order valence-electron chi connectivity index (χ0n) is 16.0. The number of nitrogens with zero attached hydrogens (tertiary/aromatic N) is 2. The van der Waals surface area contributed by atoms with Crippen molar-refractivity contribution in [2.75, 3.05) is 13.1 Å². The minimum atomic E-state index is -2.80. The van der Waals surface area contributed by atoms with Crippen molar-refractivity contribution in [1.29, 1.82) is 0 Å². The van der Waals surface area contributed by atoms with Crippen molar-refractivity contribution in [3.63, 3.8) is 0 Å². The van der Waals surface area contributed by atoms with Gasteiger partial charge in [0.1, 0.15) is 0 Å². The SMILES string of the molecule is CC(C)n1nc(C2CCC(=O)NC2=O)c2ccc(C3CCNCC3(F)F)cc21. The van der Waals surface area contributed by atoms with Gasteiger partial charge in [0, 0.05) is 17.8 Å². The van der Waals surface area contributed by atoms with Gasteiger partial charge < -0.3 is 5.32 Å². The van der Waals surface area contributed by atoms with E-state index < -0.39 is 17.8 Å². The number of amides is 2. The van der Waals surface area contributed by atoms with E-state index in [4.69, 9.17) is 0 Å². The largest absolute Gasteiger partial charge is 0.311 e. The molecule has 4 rings (SSSR count). The number of fused-ring (bicyclic) bond motifs is 1. The van der Waals surface area contributed by atoms with E-state index in [9.17, 15) is 18.4 Å². The number of rotatable bonds is 3. The molecule has 1 aromatic heterocycles. The summed E-state index contributed by atoms with van der Waals surface area (Å²) in [7, 11) is 0. The van der Waals surface area contributed by atoms with Crippen molar-refractivity contribution in [3.05, 3.63) is 29.5 Å². The van der Waals surface area contributed by atoms with Crippen LogP contribution in [0.2, 0.25) is 0 Å². The molecular formula is C20H24F2N4O2. The number of alkyl halides is 2. The van der Waals surface area contributed by atoms with Crippen molar-refractivity contribution in [2.45, 2.75) is 56.9 Å². The van der Waals surface area contributed by atoms with Crippen LogP contribution >= 0.6 is 0 Å². The molecule has 2 unspecified atom stereocenters. The van der Waals surface area contributed by atoms with Crippen LogP contribution < -0.4 is 10.6 Å². The van der Waals surface area contributed by atoms with Gasteiger partial charge in [0.05, 0.1) is 29.6 Å². The molecule has 2 aliphatic rings. The maximum atomic E-state index is 14.4. The number of aromatic nitrogens is 2. The van der Waals surface area contributed by atoms with Gasteiger partial charge in [0.2, 0.25) is 11.8 Å². The standard InChI is InChI=1S/C20H24F2N4O2/c1-11(2)26-16-9-12(15-7-8-23-10-20(15,21)22)3-4-13(16)18(25-26)14-5-6-17(27)24-19(14)28/h3-4,9,11,14-15,23H,5-8,10H2,1-2H3,(H,24,27,28). The molecule has 0 bridgehead atoms. The zero-order chi connectivity index (χ0) is 20.1. The van der Waals surface area contributed by atoms with Gasteiger partial charge in [-0.1, -0.05) is 12.1 Å². The van der Waals surface area contributed by atoms with E-state index in [1.807, 2.05) is 13.8 Å². The highest BCUT2D eigenvalue weighted by molar-refractivity contribution is 6.02. The molecule has 28 heavy (non-hydrogen) atoms. The summed E-state index contributed by atoms with van der Waals surface area (Å²) in [4.78, 5) is 23.8. The lowest BCUT2D eigenvalue weighted by atomic mass is 9.86. The molecular weight excluding hydrogens is 366 g/mol. The van der Waals surface area contributed by atoms with Crippen molar-refractivity contribution in [2.24, 2.45) is 0 Å². The highest BCUT2D eigenvalue weighted by Gasteiger charge is 2.42. The van der Waals surface area contributed by atoms with Crippen LogP contribution in [0.25, 0.3) is 10.9 Å². The third-order valence-corrected chi connectivity index (χ3v) is 5.70. The molecule has 0 spiro atoms. The summed E-state index contributed by atoms with van der Waals surface area (Å²) in [6, 6.07) is 5.33. The van der Waals surface area contributed by atoms with E-state index in [2.05, 4.69) is 15.7 Å². The van der Waals surface area contributed by atoms with Crippen LogP contribution in [0.4, 0.5) is 8.78 Å². The molecule has 1 aromatic carbocycles. The molecule has 0 aliphatic carbocycles. The van der Waals surface area contributed by atoms with Gasteiger partial charge in [-0.25, -0.2) is 8.78 Å². The Morgan fingerprint density at radius 1 is 1.25 bits per heavy atom. The Hall–Kier alpha value is -2.35. The first kappa shape index (κ1) is 19.0. The van der Waals surface area contributed by atoms with E-state index in [-0.39, 0.29) is 30.8 Å². The number of carbonyl (C=O) groups is 2. The summed E-state index contributed by atoms with van der Waals surface area (Å²) >= 11 is 0. The lowest BCUT2D eigenvalue weighted by Gasteiger charge is -2.32. The molecule has 2 atom stereocenters. The fraction of sp³-hybridized carbons (Fsp3) is 0.550. The van der Waals surface area contributed by atoms with Gasteiger partial charge in [-0.3, -0.25) is 19.6 Å². The maximum Gasteiger partial charge on any atom is 0.267 e. The fourth-order valence-corrected chi connectivity index (χ4v) is 4.25. The van der Waals surface area contributed by atoms with Crippen molar-refractivity contribution in [1.82, 2.24) is 20.4 Å². The summed E-state index contributed by atoms with van der Waals surface area (Å²) in [5, 5.41) is 10.6. The van der Waals surface area contributed by atoms with Crippen molar-refractivity contribution in [3.8, 4) is 0 Å². The average molecular weight is 390 g/mol. The Labute approximate surface area is 161 Å². The van der Waals surface area contributed by atoms with Crippen molar-refractivity contribution < 1.29 is 18.4 Å². The summed E-state index contributed by atoms with van der Waals surface area (Å²) in [5.41, 5.74) is 1.95. The lowest BCUT2D eigenvalue weighted by Crippen LogP contribution is -2.44. The average Bonchev–Trinajstić information content (AvgIpc) is 3.00. The van der Waals surface area contributed by atoms with Gasteiger partial charge in [0.15, 0.2) is 0 Å². The predicted molar refractivity (Wildman–Crippen MR) is 100 cm³/mol. The van der Waals surface area contributed by atoms with E-state index >= 15 is 0 Å². The molecule has 6 nitrogen and oxygen atoms in total. The quantitative estimate of drug-likeness (QED) is 0.791. The van der Waals surface area contributed by atoms with Gasteiger partial charge in [-0.05, 0) is 44.9 Å². The number of imide groups is 1. The number of nitrogens with one attached hydrogen (secondary N) is 2. The Kier molecular flexibility index (Phi) is 4.69. The second-order valence-corrected chi connectivity index (χ2v) is 7.98. The monoisotopic (exact) mass is 390 g/mol. The number of benzene rings is 1. The van der Waals surface area contributed by atoms with Gasteiger partial charge in [-0.15, -0.1) is 0 Å². The number of hydrogen-bond acceptors (Lipinski definition) is 4. The maximum absolute atomic E-state index is 14.4. The van der Waals surface area contributed by atoms with Crippen LogP contribution in [0.5, 0.6) is 0 Å². The fourth-order valence-electron chi connectivity index (χ4n) is 4.25. The third kappa shape index (κ3) is 3.19. The van der Waals surface area contributed by atoms with E-state index in [1.165, 1.54) is 0 Å². The molecule has 0 saturated carbocycles. The van der Waals surface area contributed by atoms with Crippen LogP contribution in [0, 0.1) is 0 Å². The highest BCUT2D eigenvalue weighted by atomic mass is 19.3. The molecule has 2 N–H and O–H groups in total. The van der Waals surface area contributed by atoms with Gasteiger partial charge >= 0.3 is 0 Å². The zero-order valence-corrected chi connectivity index (χ0v) is 16.0. The topological polar surface area (TPSA) is 76.0 Å². The first-order chi connectivity index (χ1) is 13.3. The predicted octanol–water partition coefficient (Wildman–Crippen LogP) is 2.85. The number of piperidine rings is 2. The minimum Gasteiger partial charge on any atom is -0.311 e. The van der Waals surface area contributed by atoms with E-state index in [0.717, 1.165) is 10.9 Å². The number of hydrogen-bond donors (Lipinski definition) is 2. The van der Waals surface area contributed by atoms with Crippen LogP contribution in [0.3, 0.4) is 0 Å². The molecule has 3 heterocycles. The molecule has 0 radical (unpaired) electrons. The smallest absolute Gasteiger partial charge is 0.267 e. The minimum absolute atomic E-state index is 0.00770. The molecule has 2 saturated heterocycles. The Balaban J connectivity index is 1.80. The highest BCUT2D eigenvalue weighted by Crippen LogP contribution is 2.40.